The lowest BCUT2D eigenvalue weighted by Gasteiger charge is -2.31. The molecule has 0 aliphatic heterocycles. The summed E-state index contributed by atoms with van der Waals surface area (Å²) in [6.07, 6.45) is 0. The van der Waals surface area contributed by atoms with E-state index in [9.17, 15) is 0 Å². The highest BCUT2D eigenvalue weighted by molar-refractivity contribution is 6.28. The molecule has 0 N–H and O–H groups in total. The van der Waals surface area contributed by atoms with Crippen LogP contribution < -0.4 is 0 Å². The van der Waals surface area contributed by atoms with Crippen molar-refractivity contribution in [3.8, 4) is 67.5 Å². The fourth-order valence-electron chi connectivity index (χ4n) is 13.0. The molecule has 0 atom stereocenters. The molecule has 0 amide bonds. The Kier molecular flexibility index (Phi) is 8.35. The van der Waals surface area contributed by atoms with E-state index < -0.39 is 5.41 Å². The second kappa shape index (κ2) is 15.2. The van der Waals surface area contributed by atoms with Crippen LogP contribution in [-0.4, -0.2) is 19.1 Å². The molecule has 1 spiro atoms. The van der Waals surface area contributed by atoms with Crippen LogP contribution in [0.5, 0.6) is 0 Å². The van der Waals surface area contributed by atoms with Crippen LogP contribution in [0, 0.1) is 0 Å². The van der Waals surface area contributed by atoms with Gasteiger partial charge in [0.1, 0.15) is 0 Å². The highest BCUT2D eigenvalue weighted by atomic mass is 15.2. The maximum absolute atomic E-state index is 5.65. The summed E-state index contributed by atoms with van der Waals surface area (Å²) in [7, 11) is 0. The van der Waals surface area contributed by atoms with Crippen LogP contribution in [0.2, 0.25) is 0 Å². The summed E-state index contributed by atoms with van der Waals surface area (Å²) in [5, 5.41) is 7.23. The van der Waals surface area contributed by atoms with Gasteiger partial charge in [-0.05, 0) is 109 Å². The van der Waals surface area contributed by atoms with Crippen molar-refractivity contribution in [1.29, 1.82) is 0 Å². The Labute approximate surface area is 421 Å². The fraction of sp³-hybridized carbons (Fsp3) is 0.0145. The third-order valence-corrected chi connectivity index (χ3v) is 15.9. The van der Waals surface area contributed by atoms with Gasteiger partial charge in [-0.3, -0.25) is 4.57 Å². The van der Waals surface area contributed by atoms with Gasteiger partial charge in [0.25, 0.3) is 0 Å². The highest BCUT2D eigenvalue weighted by Gasteiger charge is 2.54. The molecule has 4 nitrogen and oxygen atoms in total. The van der Waals surface area contributed by atoms with Crippen molar-refractivity contribution >= 4 is 54.4 Å². The zero-order chi connectivity index (χ0) is 47.8. The summed E-state index contributed by atoms with van der Waals surface area (Å²) in [6, 6.07) is 93.2. The summed E-state index contributed by atoms with van der Waals surface area (Å²) in [4.78, 5) is 11.3. The number of rotatable bonds is 5. The van der Waals surface area contributed by atoms with Gasteiger partial charge in [0.15, 0.2) is 0 Å². The van der Waals surface area contributed by atoms with E-state index in [0.717, 1.165) is 55.7 Å². The molecule has 0 saturated heterocycles. The standard InChI is InChI=1S/C69H42N4/c1-4-20-43(21-5-1)59-42-60(44-22-6-2-7-23-44)71-68(70-59)73-63-39-37-46(45-36-38-62-54(40-45)50-28-15-19-35-61(50)72(62)47-24-8-3-9-25-47)41-55(63)65-52-30-11-10-29-51(52)64-53-31-14-18-34-58(53)69(66(64)67(65)73)56-32-16-12-26-48(56)49-27-13-17-33-57(49)69/h1-42H. The van der Waals surface area contributed by atoms with Gasteiger partial charge in [-0.15, -0.1) is 0 Å². The van der Waals surface area contributed by atoms with E-state index >= 15 is 0 Å². The van der Waals surface area contributed by atoms with Crippen LogP contribution >= 0.6 is 0 Å². The Morgan fingerprint density at radius 3 is 1.41 bits per heavy atom. The molecular weight excluding hydrogens is 885 g/mol. The highest BCUT2D eigenvalue weighted by Crippen LogP contribution is 2.66. The molecule has 4 heteroatoms. The third kappa shape index (κ3) is 5.49. The van der Waals surface area contributed by atoms with Crippen molar-refractivity contribution in [1.82, 2.24) is 19.1 Å². The van der Waals surface area contributed by atoms with Crippen LogP contribution in [0.4, 0.5) is 0 Å². The van der Waals surface area contributed by atoms with Gasteiger partial charge in [0, 0.05) is 43.9 Å². The van der Waals surface area contributed by atoms with Crippen molar-refractivity contribution in [3.05, 3.63) is 277 Å². The Hall–Kier alpha value is -9.64. The first-order chi connectivity index (χ1) is 36.2. The van der Waals surface area contributed by atoms with E-state index in [1.165, 1.54) is 82.5 Å². The monoisotopic (exact) mass is 926 g/mol. The summed E-state index contributed by atoms with van der Waals surface area (Å²) >= 11 is 0. The summed E-state index contributed by atoms with van der Waals surface area (Å²) in [5.74, 6) is 0.631. The maximum Gasteiger partial charge on any atom is 0.235 e. The zero-order valence-corrected chi connectivity index (χ0v) is 39.5. The molecule has 0 fully saturated rings. The van der Waals surface area contributed by atoms with E-state index in [-0.39, 0.29) is 0 Å². The Bertz CT molecular complexity index is 4500. The molecular formula is C69H42N4. The molecule has 11 aromatic carbocycles. The Morgan fingerprint density at radius 1 is 0.315 bits per heavy atom. The van der Waals surface area contributed by atoms with E-state index in [1.54, 1.807) is 0 Å². The van der Waals surface area contributed by atoms with E-state index in [2.05, 4.69) is 264 Å². The molecule has 3 heterocycles. The van der Waals surface area contributed by atoms with Crippen LogP contribution in [0.3, 0.4) is 0 Å². The normalized spacial score (nSPS) is 13.0. The van der Waals surface area contributed by atoms with Gasteiger partial charge in [0.05, 0.1) is 38.9 Å². The summed E-state index contributed by atoms with van der Waals surface area (Å²) in [6.45, 7) is 0. The largest absolute Gasteiger partial charge is 0.309 e. The number of hydrogen-bond acceptors (Lipinski definition) is 2. The molecule has 73 heavy (non-hydrogen) atoms. The molecule has 2 aliphatic carbocycles. The smallest absolute Gasteiger partial charge is 0.235 e. The lowest BCUT2D eigenvalue weighted by Crippen LogP contribution is -2.26. The van der Waals surface area contributed by atoms with Crippen LogP contribution in [0.1, 0.15) is 22.3 Å². The molecule has 16 rings (SSSR count). The molecule has 3 aromatic heterocycles. The van der Waals surface area contributed by atoms with Crippen molar-refractivity contribution in [3.63, 3.8) is 0 Å². The quantitative estimate of drug-likeness (QED) is 0.172. The van der Waals surface area contributed by atoms with Crippen LogP contribution in [-0.2, 0) is 5.41 Å². The van der Waals surface area contributed by atoms with Crippen molar-refractivity contribution in [2.75, 3.05) is 0 Å². The number of fused-ring (bicyclic) bond motifs is 20. The lowest BCUT2D eigenvalue weighted by atomic mass is 9.70. The number of aromatic nitrogens is 4. The van der Waals surface area contributed by atoms with Crippen molar-refractivity contribution < 1.29 is 0 Å². The van der Waals surface area contributed by atoms with Crippen LogP contribution in [0.15, 0.2) is 255 Å². The molecule has 0 radical (unpaired) electrons. The van der Waals surface area contributed by atoms with Crippen molar-refractivity contribution in [2.24, 2.45) is 0 Å². The second-order valence-electron chi connectivity index (χ2n) is 19.6. The number of hydrogen-bond donors (Lipinski definition) is 0. The van der Waals surface area contributed by atoms with Crippen molar-refractivity contribution in [2.45, 2.75) is 5.41 Å². The van der Waals surface area contributed by atoms with Gasteiger partial charge in [-0.2, -0.15) is 0 Å². The maximum atomic E-state index is 5.65. The topological polar surface area (TPSA) is 35.6 Å². The molecule has 338 valence electrons. The average Bonchev–Trinajstić information content (AvgIpc) is 4.29. The molecule has 2 aliphatic rings. The summed E-state index contributed by atoms with van der Waals surface area (Å²) < 4.78 is 4.81. The number of para-hydroxylation sites is 2. The number of benzene rings is 11. The molecule has 0 bridgehead atoms. The van der Waals surface area contributed by atoms with Gasteiger partial charge >= 0.3 is 0 Å². The second-order valence-corrected chi connectivity index (χ2v) is 19.6. The summed E-state index contributed by atoms with van der Waals surface area (Å²) in [5.41, 5.74) is 21.4. The van der Waals surface area contributed by atoms with E-state index in [0.29, 0.717) is 5.95 Å². The predicted molar refractivity (Wildman–Crippen MR) is 301 cm³/mol. The van der Waals surface area contributed by atoms with E-state index in [4.69, 9.17) is 9.97 Å². The zero-order valence-electron chi connectivity index (χ0n) is 39.5. The SMILES string of the molecule is c1ccc(-c2cc(-c3ccccc3)nc(-n3c4ccc(-c5ccc6c(c5)c5ccccc5n6-c5ccccc5)cc4c4c5ccccc5c5c(c43)C3(c4ccccc4-c4ccccc43)c3ccccc3-5)n2)cc1. The van der Waals surface area contributed by atoms with Crippen LogP contribution in [0.25, 0.3) is 122 Å². The number of nitrogens with zero attached hydrogens (tertiary/aromatic N) is 4. The third-order valence-electron chi connectivity index (χ3n) is 15.9. The minimum absolute atomic E-state index is 0.631. The fourth-order valence-corrected chi connectivity index (χ4v) is 13.0. The first-order valence-corrected chi connectivity index (χ1v) is 25.2. The Morgan fingerprint density at radius 2 is 0.781 bits per heavy atom. The van der Waals surface area contributed by atoms with Gasteiger partial charge in [-0.1, -0.05) is 206 Å². The first kappa shape index (κ1) is 40.1. The van der Waals surface area contributed by atoms with Gasteiger partial charge < -0.3 is 4.57 Å². The minimum Gasteiger partial charge on any atom is -0.309 e. The lowest BCUT2D eigenvalue weighted by molar-refractivity contribution is 0.796. The van der Waals surface area contributed by atoms with Gasteiger partial charge in [-0.25, -0.2) is 9.97 Å². The van der Waals surface area contributed by atoms with E-state index in [1.807, 2.05) is 0 Å². The molecule has 0 saturated carbocycles. The minimum atomic E-state index is -0.645. The molecule has 0 unspecified atom stereocenters. The Balaban J connectivity index is 1.07. The van der Waals surface area contributed by atoms with Gasteiger partial charge in [0.2, 0.25) is 5.95 Å². The first-order valence-electron chi connectivity index (χ1n) is 25.2. The predicted octanol–water partition coefficient (Wildman–Crippen LogP) is 17.2. The molecule has 14 aromatic rings. The average molecular weight is 927 g/mol.